The molecule has 2 fully saturated rings. The number of carboxylic acid groups (broad SMARTS) is 1. The number of hydrogen-bond donors (Lipinski definition) is 2. The maximum absolute atomic E-state index is 12.3. The number of carbonyl (C=O) groups excluding carboxylic acids is 1. The summed E-state index contributed by atoms with van der Waals surface area (Å²) in [6.45, 7) is 1.30. The Morgan fingerprint density at radius 1 is 1.38 bits per heavy atom. The van der Waals surface area contributed by atoms with Crippen molar-refractivity contribution >= 4 is 21.7 Å². The monoisotopic (exact) mass is 320 g/mol. The molecule has 2 rings (SSSR count). The number of morpholine rings is 1. The number of nitrogens with one attached hydrogen (secondary N) is 1. The van der Waals surface area contributed by atoms with Crippen LogP contribution in [-0.4, -0.2) is 80.2 Å². The van der Waals surface area contributed by atoms with E-state index >= 15 is 0 Å². The summed E-state index contributed by atoms with van der Waals surface area (Å²) in [5.74, 6) is -1.67. The van der Waals surface area contributed by atoms with Gasteiger partial charge in [-0.25, -0.2) is 8.42 Å². The number of amides is 1. The molecule has 9 heteroatoms. The minimum Gasteiger partial charge on any atom is -0.480 e. The van der Waals surface area contributed by atoms with E-state index in [1.165, 1.54) is 4.90 Å². The Morgan fingerprint density at radius 3 is 2.67 bits per heavy atom. The molecular formula is C12H20N2O6S. The third-order valence-electron chi connectivity index (χ3n) is 3.68. The van der Waals surface area contributed by atoms with Crippen LogP contribution in [0.3, 0.4) is 0 Å². The van der Waals surface area contributed by atoms with E-state index in [-0.39, 0.29) is 29.9 Å². The molecule has 0 aromatic carbocycles. The van der Waals surface area contributed by atoms with Gasteiger partial charge in [0.05, 0.1) is 30.6 Å². The van der Waals surface area contributed by atoms with Crippen LogP contribution in [0, 0.1) is 0 Å². The lowest BCUT2D eigenvalue weighted by atomic mass is 10.1. The molecule has 120 valence electrons. The van der Waals surface area contributed by atoms with Crippen molar-refractivity contribution in [3.63, 3.8) is 0 Å². The topological polar surface area (TPSA) is 113 Å². The molecule has 21 heavy (non-hydrogen) atoms. The van der Waals surface area contributed by atoms with Crippen molar-refractivity contribution < 1.29 is 27.9 Å². The molecule has 2 aliphatic rings. The Kier molecular flexibility index (Phi) is 5.17. The first-order valence-electron chi connectivity index (χ1n) is 6.91. The van der Waals surface area contributed by atoms with Crippen molar-refractivity contribution in [1.29, 1.82) is 0 Å². The van der Waals surface area contributed by atoms with E-state index in [1.807, 2.05) is 0 Å². The molecule has 2 aliphatic heterocycles. The fraction of sp³-hybridized carbons (Fsp3) is 0.833. The van der Waals surface area contributed by atoms with Gasteiger partial charge >= 0.3 is 5.97 Å². The molecule has 0 bridgehead atoms. The third-order valence-corrected chi connectivity index (χ3v) is 5.43. The maximum Gasteiger partial charge on any atom is 0.323 e. The molecule has 0 saturated carbocycles. The van der Waals surface area contributed by atoms with Crippen LogP contribution in [-0.2, 0) is 24.2 Å². The molecule has 0 radical (unpaired) electrons. The van der Waals surface area contributed by atoms with Gasteiger partial charge < -0.3 is 20.1 Å². The Labute approximate surface area is 123 Å². The zero-order valence-corrected chi connectivity index (χ0v) is 12.5. The van der Waals surface area contributed by atoms with Gasteiger partial charge in [-0.05, 0) is 6.42 Å². The van der Waals surface area contributed by atoms with Crippen molar-refractivity contribution in [2.75, 3.05) is 37.7 Å². The van der Waals surface area contributed by atoms with Gasteiger partial charge in [-0.3, -0.25) is 9.59 Å². The van der Waals surface area contributed by atoms with Crippen LogP contribution >= 0.6 is 0 Å². The third kappa shape index (κ3) is 4.65. The number of ether oxygens (including phenoxy) is 1. The molecule has 0 spiro atoms. The van der Waals surface area contributed by atoms with E-state index in [0.717, 1.165) is 6.54 Å². The zero-order chi connectivity index (χ0) is 15.5. The predicted molar refractivity (Wildman–Crippen MR) is 73.6 cm³/mol. The van der Waals surface area contributed by atoms with Crippen LogP contribution in [0.25, 0.3) is 0 Å². The first-order valence-corrected chi connectivity index (χ1v) is 8.73. The highest BCUT2D eigenvalue weighted by molar-refractivity contribution is 7.91. The summed E-state index contributed by atoms with van der Waals surface area (Å²) in [6.07, 6.45) is 0.0719. The van der Waals surface area contributed by atoms with Crippen LogP contribution in [0.5, 0.6) is 0 Å². The van der Waals surface area contributed by atoms with Gasteiger partial charge in [0.15, 0.2) is 9.84 Å². The SMILES string of the molecule is O=C(O)CN(C(=O)CC1CNCCO1)C1CCS(=O)(=O)C1. The van der Waals surface area contributed by atoms with Gasteiger partial charge in [0.2, 0.25) is 5.91 Å². The summed E-state index contributed by atoms with van der Waals surface area (Å²) in [5, 5.41) is 12.0. The number of rotatable bonds is 5. The molecule has 0 aromatic heterocycles. The summed E-state index contributed by atoms with van der Waals surface area (Å²) >= 11 is 0. The van der Waals surface area contributed by atoms with Crippen molar-refractivity contribution in [3.8, 4) is 0 Å². The molecule has 2 N–H and O–H groups in total. The molecule has 8 nitrogen and oxygen atoms in total. The maximum atomic E-state index is 12.3. The number of aliphatic carboxylic acids is 1. The van der Waals surface area contributed by atoms with E-state index in [1.54, 1.807) is 0 Å². The molecule has 2 saturated heterocycles. The quantitative estimate of drug-likeness (QED) is 0.631. The second-order valence-electron chi connectivity index (χ2n) is 5.37. The van der Waals surface area contributed by atoms with Crippen LogP contribution < -0.4 is 5.32 Å². The highest BCUT2D eigenvalue weighted by atomic mass is 32.2. The summed E-state index contributed by atoms with van der Waals surface area (Å²) in [4.78, 5) is 24.4. The summed E-state index contributed by atoms with van der Waals surface area (Å²) in [7, 11) is -3.17. The first-order chi connectivity index (χ1) is 9.87. The molecular weight excluding hydrogens is 300 g/mol. The largest absolute Gasteiger partial charge is 0.480 e. The van der Waals surface area contributed by atoms with E-state index in [2.05, 4.69) is 5.32 Å². The highest BCUT2D eigenvalue weighted by Crippen LogP contribution is 2.19. The Balaban J connectivity index is 2.01. The fourth-order valence-electron chi connectivity index (χ4n) is 2.65. The summed E-state index contributed by atoms with van der Waals surface area (Å²) < 4.78 is 28.5. The number of sulfone groups is 1. The van der Waals surface area contributed by atoms with E-state index in [0.29, 0.717) is 19.6 Å². The minimum absolute atomic E-state index is 0.00253. The fourth-order valence-corrected chi connectivity index (χ4v) is 4.38. The Bertz CT molecular complexity index is 500. The van der Waals surface area contributed by atoms with Gasteiger partial charge in [0.25, 0.3) is 0 Å². The number of carboxylic acids is 1. The van der Waals surface area contributed by atoms with Gasteiger partial charge in [0.1, 0.15) is 6.54 Å². The van der Waals surface area contributed by atoms with Crippen LogP contribution in [0.1, 0.15) is 12.8 Å². The van der Waals surface area contributed by atoms with Crippen molar-refractivity contribution in [2.45, 2.75) is 25.0 Å². The standard InChI is InChI=1S/C12H20N2O6S/c15-11(5-10-6-13-2-3-20-10)14(7-12(16)17)9-1-4-21(18,19)8-9/h9-10,13H,1-8H2,(H,16,17). The van der Waals surface area contributed by atoms with Crippen molar-refractivity contribution in [2.24, 2.45) is 0 Å². The average molecular weight is 320 g/mol. The zero-order valence-electron chi connectivity index (χ0n) is 11.7. The number of carbonyl (C=O) groups is 2. The highest BCUT2D eigenvalue weighted by Gasteiger charge is 2.36. The van der Waals surface area contributed by atoms with Crippen LogP contribution in [0.4, 0.5) is 0 Å². The Morgan fingerprint density at radius 2 is 2.14 bits per heavy atom. The van der Waals surface area contributed by atoms with Gasteiger partial charge in [-0.15, -0.1) is 0 Å². The van der Waals surface area contributed by atoms with Crippen LogP contribution in [0.2, 0.25) is 0 Å². The second kappa shape index (κ2) is 6.71. The average Bonchev–Trinajstić information content (AvgIpc) is 2.77. The lowest BCUT2D eigenvalue weighted by Gasteiger charge is -2.30. The number of nitrogens with zero attached hydrogens (tertiary/aromatic N) is 1. The molecule has 1 amide bonds. The smallest absolute Gasteiger partial charge is 0.323 e. The Hall–Kier alpha value is -1.19. The van der Waals surface area contributed by atoms with Gasteiger partial charge in [-0.1, -0.05) is 0 Å². The van der Waals surface area contributed by atoms with Gasteiger partial charge in [-0.2, -0.15) is 0 Å². The lowest BCUT2D eigenvalue weighted by molar-refractivity contribution is -0.147. The molecule has 0 aromatic rings. The first kappa shape index (κ1) is 16.2. The molecule has 2 atom stereocenters. The van der Waals surface area contributed by atoms with E-state index < -0.39 is 28.4 Å². The van der Waals surface area contributed by atoms with Crippen LogP contribution in [0.15, 0.2) is 0 Å². The van der Waals surface area contributed by atoms with E-state index in [4.69, 9.17) is 9.84 Å². The second-order valence-corrected chi connectivity index (χ2v) is 7.60. The van der Waals surface area contributed by atoms with Crippen molar-refractivity contribution in [1.82, 2.24) is 10.2 Å². The normalized spacial score (nSPS) is 28.2. The molecule has 2 heterocycles. The number of hydrogen-bond acceptors (Lipinski definition) is 6. The van der Waals surface area contributed by atoms with Gasteiger partial charge in [0, 0.05) is 19.1 Å². The lowest BCUT2D eigenvalue weighted by Crippen LogP contribution is -2.47. The summed E-state index contributed by atoms with van der Waals surface area (Å²) in [5.41, 5.74) is 0. The molecule has 0 aliphatic carbocycles. The van der Waals surface area contributed by atoms with Crippen molar-refractivity contribution in [3.05, 3.63) is 0 Å². The minimum atomic E-state index is -3.17. The predicted octanol–water partition coefficient (Wildman–Crippen LogP) is -1.53. The van der Waals surface area contributed by atoms with E-state index in [9.17, 15) is 18.0 Å². The molecule has 2 unspecified atom stereocenters. The summed E-state index contributed by atoms with van der Waals surface area (Å²) in [6, 6.07) is -0.546.